The predicted molar refractivity (Wildman–Crippen MR) is 123 cm³/mol. The van der Waals surface area contributed by atoms with E-state index in [2.05, 4.69) is 15.6 Å². The summed E-state index contributed by atoms with van der Waals surface area (Å²) in [5, 5.41) is 6.30. The molecule has 0 aliphatic heterocycles. The largest absolute Gasteiger partial charge is 0.356 e. The maximum Gasteiger partial charge on any atom is 0.190 e. The zero-order valence-corrected chi connectivity index (χ0v) is 19.3. The van der Waals surface area contributed by atoms with Crippen LogP contribution in [0.4, 0.5) is 4.39 Å². The van der Waals surface area contributed by atoms with Crippen molar-refractivity contribution in [1.29, 1.82) is 0 Å². The summed E-state index contributed by atoms with van der Waals surface area (Å²) in [5.41, 5.74) is 2.00. The van der Waals surface area contributed by atoms with E-state index in [-0.39, 0.29) is 35.5 Å². The Hall–Kier alpha value is -1.68. The highest BCUT2D eigenvalue weighted by Crippen LogP contribution is 2.11. The molecule has 2 aromatic carbocycles. The normalized spacial score (nSPS) is 11.6. The molecule has 8 heteroatoms. The Morgan fingerprint density at radius 2 is 1.75 bits per heavy atom. The number of nitrogens with zero attached hydrogens (tertiary/aromatic N) is 1. The summed E-state index contributed by atoms with van der Waals surface area (Å²) in [6.45, 7) is 3.04. The minimum absolute atomic E-state index is 0. The second-order valence-electron chi connectivity index (χ2n) is 6.23. The van der Waals surface area contributed by atoms with Gasteiger partial charge in [0.25, 0.3) is 0 Å². The molecular formula is C20H27FIN3O2S. The van der Waals surface area contributed by atoms with Crippen LogP contribution in [0.1, 0.15) is 17.5 Å². The van der Waals surface area contributed by atoms with E-state index in [1.807, 2.05) is 6.92 Å². The lowest BCUT2D eigenvalue weighted by molar-refractivity contribution is 0.592. The number of hydrogen-bond donors (Lipinski definition) is 2. The van der Waals surface area contributed by atoms with Crippen LogP contribution in [0.25, 0.3) is 0 Å². The lowest BCUT2D eigenvalue weighted by Crippen LogP contribution is -2.39. The monoisotopic (exact) mass is 519 g/mol. The van der Waals surface area contributed by atoms with E-state index in [1.54, 1.807) is 43.4 Å². The van der Waals surface area contributed by atoms with Crippen LogP contribution >= 0.6 is 24.0 Å². The van der Waals surface area contributed by atoms with Crippen LogP contribution in [-0.2, 0) is 16.3 Å². The van der Waals surface area contributed by atoms with Gasteiger partial charge in [-0.1, -0.05) is 24.3 Å². The van der Waals surface area contributed by atoms with Crippen molar-refractivity contribution in [2.24, 2.45) is 4.99 Å². The molecule has 0 fully saturated rings. The molecule has 0 atom stereocenters. The Labute approximate surface area is 183 Å². The van der Waals surface area contributed by atoms with E-state index >= 15 is 0 Å². The summed E-state index contributed by atoms with van der Waals surface area (Å²) >= 11 is 0. The quantitative estimate of drug-likeness (QED) is 0.243. The third kappa shape index (κ3) is 7.75. The molecule has 0 spiro atoms. The molecule has 0 saturated carbocycles. The van der Waals surface area contributed by atoms with Gasteiger partial charge >= 0.3 is 0 Å². The van der Waals surface area contributed by atoms with Crippen LogP contribution in [0.3, 0.4) is 0 Å². The van der Waals surface area contributed by atoms with Crippen molar-refractivity contribution in [3.05, 3.63) is 65.5 Å². The first kappa shape index (κ1) is 24.4. The highest BCUT2D eigenvalue weighted by molar-refractivity contribution is 14.0. The van der Waals surface area contributed by atoms with Crippen molar-refractivity contribution in [3.63, 3.8) is 0 Å². The predicted octanol–water partition coefficient (Wildman–Crippen LogP) is 3.32. The summed E-state index contributed by atoms with van der Waals surface area (Å²) in [5.74, 6) is 0.467. The molecule has 0 unspecified atom stereocenters. The number of halogens is 2. The van der Waals surface area contributed by atoms with E-state index < -0.39 is 9.84 Å². The highest BCUT2D eigenvalue weighted by atomic mass is 127. The van der Waals surface area contributed by atoms with E-state index in [4.69, 9.17) is 0 Å². The molecule has 28 heavy (non-hydrogen) atoms. The van der Waals surface area contributed by atoms with E-state index in [0.29, 0.717) is 30.4 Å². The summed E-state index contributed by atoms with van der Waals surface area (Å²) in [4.78, 5) is 4.48. The first-order valence-electron chi connectivity index (χ1n) is 8.90. The molecule has 2 aromatic rings. The van der Waals surface area contributed by atoms with Crippen molar-refractivity contribution in [2.45, 2.75) is 24.7 Å². The Bertz CT molecular complexity index is 874. The molecule has 5 nitrogen and oxygen atoms in total. The molecule has 0 saturated heterocycles. The van der Waals surface area contributed by atoms with Gasteiger partial charge in [-0.15, -0.1) is 24.0 Å². The molecular weight excluding hydrogens is 492 g/mol. The molecule has 0 amide bonds. The van der Waals surface area contributed by atoms with Gasteiger partial charge in [0.1, 0.15) is 5.82 Å². The Balaban J connectivity index is 0.00000392. The number of aliphatic imine (C=N–C) groups is 1. The number of aryl methyl sites for hydroxylation is 1. The second kappa shape index (κ2) is 12.0. The van der Waals surface area contributed by atoms with E-state index in [1.165, 1.54) is 12.1 Å². The average molecular weight is 519 g/mol. The van der Waals surface area contributed by atoms with Gasteiger partial charge in [0.15, 0.2) is 15.8 Å². The van der Waals surface area contributed by atoms with Gasteiger partial charge in [-0.25, -0.2) is 12.8 Å². The number of guanidine groups is 1. The van der Waals surface area contributed by atoms with Gasteiger partial charge in [-0.05, 0) is 55.2 Å². The smallest absolute Gasteiger partial charge is 0.190 e. The summed E-state index contributed by atoms with van der Waals surface area (Å²) in [7, 11) is -1.59. The molecule has 2 rings (SSSR count). The van der Waals surface area contributed by atoms with Crippen molar-refractivity contribution in [2.75, 3.05) is 25.9 Å². The van der Waals surface area contributed by atoms with Gasteiger partial charge in [0.05, 0.1) is 10.6 Å². The Morgan fingerprint density at radius 3 is 2.39 bits per heavy atom. The van der Waals surface area contributed by atoms with Crippen LogP contribution in [0.5, 0.6) is 0 Å². The summed E-state index contributed by atoms with van der Waals surface area (Å²) in [6, 6.07) is 13.2. The topological polar surface area (TPSA) is 70.6 Å². The molecule has 0 radical (unpaired) electrons. The van der Waals surface area contributed by atoms with Gasteiger partial charge in [0, 0.05) is 20.1 Å². The highest BCUT2D eigenvalue weighted by Gasteiger charge is 2.13. The van der Waals surface area contributed by atoms with Crippen molar-refractivity contribution in [1.82, 2.24) is 10.6 Å². The third-order valence-corrected chi connectivity index (χ3v) is 6.02. The maximum absolute atomic E-state index is 13.1. The fourth-order valence-corrected chi connectivity index (χ4v) is 4.02. The third-order valence-electron chi connectivity index (χ3n) is 4.20. The minimum atomic E-state index is -3.26. The van der Waals surface area contributed by atoms with Gasteiger partial charge in [-0.3, -0.25) is 4.99 Å². The zero-order valence-electron chi connectivity index (χ0n) is 16.1. The van der Waals surface area contributed by atoms with E-state index in [0.717, 1.165) is 17.5 Å². The van der Waals surface area contributed by atoms with Crippen LogP contribution in [-0.4, -0.2) is 40.3 Å². The summed E-state index contributed by atoms with van der Waals surface area (Å²) in [6.07, 6.45) is 1.23. The van der Waals surface area contributed by atoms with Crippen LogP contribution in [0.15, 0.2) is 58.4 Å². The van der Waals surface area contributed by atoms with Crippen molar-refractivity contribution < 1.29 is 12.8 Å². The number of hydrogen-bond acceptors (Lipinski definition) is 3. The lowest BCUT2D eigenvalue weighted by Gasteiger charge is -2.13. The molecule has 0 aliphatic rings. The fraction of sp³-hybridized carbons (Fsp3) is 0.350. The van der Waals surface area contributed by atoms with Gasteiger partial charge < -0.3 is 10.6 Å². The second-order valence-corrected chi connectivity index (χ2v) is 8.34. The number of benzene rings is 2. The maximum atomic E-state index is 13.1. The molecule has 0 aliphatic carbocycles. The molecule has 0 bridgehead atoms. The average Bonchev–Trinajstić information content (AvgIpc) is 2.66. The SMILES string of the molecule is CN=C(NCCCS(=O)(=O)c1ccccc1)NCCc1ccc(F)cc1C.I. The number of sulfone groups is 1. The minimum Gasteiger partial charge on any atom is -0.356 e. The number of nitrogens with one attached hydrogen (secondary N) is 2. The zero-order chi connectivity index (χ0) is 19.7. The standard InChI is InChI=1S/C20H26FN3O2S.HI/c1-16-15-18(21)10-9-17(16)11-13-24-20(22-2)23-12-6-14-27(25,26)19-7-4-3-5-8-19;/h3-5,7-10,15H,6,11-14H2,1-2H3,(H2,22,23,24);1H. The van der Waals surface area contributed by atoms with Crippen LogP contribution in [0.2, 0.25) is 0 Å². The van der Waals surface area contributed by atoms with Crippen LogP contribution < -0.4 is 10.6 Å². The lowest BCUT2D eigenvalue weighted by atomic mass is 10.1. The van der Waals surface area contributed by atoms with E-state index in [9.17, 15) is 12.8 Å². The van der Waals surface area contributed by atoms with Crippen LogP contribution in [0, 0.1) is 12.7 Å². The first-order valence-corrected chi connectivity index (χ1v) is 10.5. The Kier molecular flexibility index (Phi) is 10.4. The molecule has 2 N–H and O–H groups in total. The van der Waals surface area contributed by atoms with Gasteiger partial charge in [0.2, 0.25) is 0 Å². The van der Waals surface area contributed by atoms with Crippen molar-refractivity contribution in [3.8, 4) is 0 Å². The first-order chi connectivity index (χ1) is 12.9. The number of rotatable bonds is 8. The molecule has 0 aromatic heterocycles. The Morgan fingerprint density at radius 1 is 1.07 bits per heavy atom. The van der Waals surface area contributed by atoms with Crippen molar-refractivity contribution >= 4 is 39.8 Å². The van der Waals surface area contributed by atoms with Gasteiger partial charge in [-0.2, -0.15) is 0 Å². The summed E-state index contributed by atoms with van der Waals surface area (Å²) < 4.78 is 37.6. The fourth-order valence-electron chi connectivity index (χ4n) is 2.69. The molecule has 0 heterocycles. The molecule has 154 valence electrons.